The number of halogens is 3. The molecule has 1 saturated carbocycles. The summed E-state index contributed by atoms with van der Waals surface area (Å²) in [7, 11) is 0. The summed E-state index contributed by atoms with van der Waals surface area (Å²) in [4.78, 5) is 11.6. The van der Waals surface area contributed by atoms with Gasteiger partial charge in [0.1, 0.15) is 0 Å². The molecule has 0 aromatic rings. The Balaban J connectivity index is 2.67. The van der Waals surface area contributed by atoms with E-state index >= 15 is 0 Å². The van der Waals surface area contributed by atoms with Gasteiger partial charge in [-0.2, -0.15) is 13.2 Å². The van der Waals surface area contributed by atoms with Crippen LogP contribution >= 0.6 is 0 Å². The average Bonchev–Trinajstić information content (AvgIpc) is 2.47. The quantitative estimate of drug-likeness (QED) is 0.787. The van der Waals surface area contributed by atoms with Gasteiger partial charge in [-0.05, 0) is 31.6 Å². The third kappa shape index (κ3) is 2.73. The monoisotopic (exact) mass is 252 g/mol. The molecule has 0 aliphatic heterocycles. The molecule has 1 amide bonds. The van der Waals surface area contributed by atoms with Crippen LogP contribution in [-0.4, -0.2) is 23.7 Å². The molecule has 17 heavy (non-hydrogen) atoms. The maximum Gasteiger partial charge on any atom is 0.415 e. The number of nitrogens with two attached hydrogens (primary N) is 1. The lowest BCUT2D eigenvalue weighted by Gasteiger charge is -2.29. The Kier molecular flexibility index (Phi) is 3.76. The Morgan fingerprint density at radius 2 is 1.82 bits per heavy atom. The normalized spacial score (nSPS) is 33.2. The first-order valence-corrected chi connectivity index (χ1v) is 5.74. The minimum absolute atomic E-state index is 0.183. The van der Waals surface area contributed by atoms with Crippen LogP contribution in [-0.2, 0) is 4.79 Å². The van der Waals surface area contributed by atoms with E-state index in [1.807, 2.05) is 13.8 Å². The molecule has 0 heterocycles. The van der Waals surface area contributed by atoms with Crippen LogP contribution in [0.1, 0.15) is 33.6 Å². The van der Waals surface area contributed by atoms with Crippen molar-refractivity contribution in [3.8, 4) is 0 Å². The Morgan fingerprint density at radius 1 is 1.29 bits per heavy atom. The number of rotatable bonds is 2. The zero-order chi connectivity index (χ0) is 13.4. The molecule has 3 N–H and O–H groups in total. The van der Waals surface area contributed by atoms with E-state index < -0.39 is 17.6 Å². The highest BCUT2D eigenvalue weighted by molar-refractivity contribution is 5.86. The first-order valence-electron chi connectivity index (χ1n) is 5.74. The number of nitrogens with one attached hydrogen (secondary N) is 1. The van der Waals surface area contributed by atoms with Gasteiger partial charge in [0.15, 0.2) is 5.54 Å². The fourth-order valence-electron chi connectivity index (χ4n) is 2.02. The number of hydrogen-bond donors (Lipinski definition) is 2. The second-order valence-corrected chi connectivity index (χ2v) is 5.19. The van der Waals surface area contributed by atoms with Gasteiger partial charge in [0.2, 0.25) is 5.91 Å². The zero-order valence-corrected chi connectivity index (χ0v) is 10.3. The first-order chi connectivity index (χ1) is 7.57. The summed E-state index contributed by atoms with van der Waals surface area (Å²) < 4.78 is 37.6. The van der Waals surface area contributed by atoms with Gasteiger partial charge in [0.25, 0.3) is 0 Å². The summed E-state index contributed by atoms with van der Waals surface area (Å²) in [5, 5.41) is 2.42. The Morgan fingerprint density at radius 3 is 2.18 bits per heavy atom. The lowest BCUT2D eigenvalue weighted by Crippen LogP contribution is -2.63. The second-order valence-electron chi connectivity index (χ2n) is 5.19. The van der Waals surface area contributed by atoms with Crippen LogP contribution in [0.3, 0.4) is 0 Å². The van der Waals surface area contributed by atoms with Crippen molar-refractivity contribution in [2.75, 3.05) is 0 Å². The topological polar surface area (TPSA) is 55.1 Å². The van der Waals surface area contributed by atoms with Crippen molar-refractivity contribution in [2.24, 2.45) is 17.6 Å². The first kappa shape index (κ1) is 14.3. The largest absolute Gasteiger partial charge is 0.415 e. The summed E-state index contributed by atoms with van der Waals surface area (Å²) in [5.41, 5.74) is 2.24. The molecule has 0 spiro atoms. The lowest BCUT2D eigenvalue weighted by atomic mass is 9.96. The molecule has 0 bridgehead atoms. The Labute approximate surface area is 98.9 Å². The van der Waals surface area contributed by atoms with E-state index in [-0.39, 0.29) is 12.0 Å². The smallest absolute Gasteiger partial charge is 0.351 e. The predicted molar refractivity (Wildman–Crippen MR) is 58.1 cm³/mol. The number of alkyl halides is 3. The maximum atomic E-state index is 12.5. The molecule has 0 aromatic heterocycles. The SMILES string of the molecule is CC1CCC(NC(=O)C(C)(N)C(F)(F)F)C1C. The molecule has 1 rings (SSSR count). The summed E-state index contributed by atoms with van der Waals surface area (Å²) in [6.07, 6.45) is -3.11. The number of carbonyl (C=O) groups excluding carboxylic acids is 1. The van der Waals surface area contributed by atoms with Gasteiger partial charge in [0.05, 0.1) is 0 Å². The molecule has 3 nitrogen and oxygen atoms in total. The van der Waals surface area contributed by atoms with E-state index in [4.69, 9.17) is 5.73 Å². The summed E-state index contributed by atoms with van der Waals surface area (Å²) in [5.74, 6) is -0.547. The molecule has 4 unspecified atom stereocenters. The summed E-state index contributed by atoms with van der Waals surface area (Å²) in [6, 6.07) is -0.206. The highest BCUT2D eigenvalue weighted by Gasteiger charge is 2.54. The van der Waals surface area contributed by atoms with Crippen molar-refractivity contribution in [1.82, 2.24) is 5.32 Å². The van der Waals surface area contributed by atoms with Crippen molar-refractivity contribution in [3.05, 3.63) is 0 Å². The fourth-order valence-corrected chi connectivity index (χ4v) is 2.02. The maximum absolute atomic E-state index is 12.5. The van der Waals surface area contributed by atoms with Gasteiger partial charge in [0, 0.05) is 6.04 Å². The van der Waals surface area contributed by atoms with E-state index in [1.54, 1.807) is 0 Å². The molecule has 1 fully saturated rings. The van der Waals surface area contributed by atoms with Crippen LogP contribution in [0.5, 0.6) is 0 Å². The Hall–Kier alpha value is -0.780. The van der Waals surface area contributed by atoms with Gasteiger partial charge in [-0.1, -0.05) is 13.8 Å². The molecular weight excluding hydrogens is 233 g/mol. The van der Waals surface area contributed by atoms with Crippen molar-refractivity contribution >= 4 is 5.91 Å². The molecule has 0 saturated heterocycles. The van der Waals surface area contributed by atoms with Crippen LogP contribution in [0, 0.1) is 11.8 Å². The van der Waals surface area contributed by atoms with Gasteiger partial charge in [-0.3, -0.25) is 4.79 Å². The molecule has 1 aliphatic carbocycles. The standard InChI is InChI=1S/C11H19F3N2O/c1-6-4-5-8(7(6)2)16-9(17)10(3,15)11(12,13)14/h6-8H,4-5,15H2,1-3H3,(H,16,17). The second kappa shape index (κ2) is 4.48. The summed E-state index contributed by atoms with van der Waals surface area (Å²) in [6.45, 7) is 4.66. The molecule has 1 aliphatic rings. The van der Waals surface area contributed by atoms with E-state index in [0.29, 0.717) is 19.3 Å². The minimum atomic E-state index is -4.73. The third-order valence-corrected chi connectivity index (χ3v) is 3.84. The van der Waals surface area contributed by atoms with Crippen LogP contribution < -0.4 is 11.1 Å². The summed E-state index contributed by atoms with van der Waals surface area (Å²) >= 11 is 0. The van der Waals surface area contributed by atoms with E-state index in [2.05, 4.69) is 5.32 Å². The van der Waals surface area contributed by atoms with E-state index in [0.717, 1.165) is 6.42 Å². The van der Waals surface area contributed by atoms with Gasteiger partial charge in [-0.25, -0.2) is 0 Å². The van der Waals surface area contributed by atoms with Crippen molar-refractivity contribution in [3.63, 3.8) is 0 Å². The predicted octanol–water partition coefficient (Wildman–Crippen LogP) is 1.82. The van der Waals surface area contributed by atoms with E-state index in [9.17, 15) is 18.0 Å². The van der Waals surface area contributed by atoms with Gasteiger partial charge in [-0.15, -0.1) is 0 Å². The van der Waals surface area contributed by atoms with Gasteiger partial charge < -0.3 is 11.1 Å². The number of amides is 1. The van der Waals surface area contributed by atoms with Crippen LogP contribution in [0.25, 0.3) is 0 Å². The van der Waals surface area contributed by atoms with Gasteiger partial charge >= 0.3 is 6.18 Å². The molecular formula is C11H19F3N2O. The molecule has 0 aromatic carbocycles. The molecule has 4 atom stereocenters. The molecule has 0 radical (unpaired) electrons. The van der Waals surface area contributed by atoms with Crippen molar-refractivity contribution in [2.45, 2.75) is 51.4 Å². The van der Waals surface area contributed by atoms with Crippen LogP contribution in [0.2, 0.25) is 0 Å². The van der Waals surface area contributed by atoms with E-state index in [1.165, 1.54) is 0 Å². The molecule has 100 valence electrons. The number of hydrogen-bond acceptors (Lipinski definition) is 2. The number of carbonyl (C=O) groups is 1. The zero-order valence-electron chi connectivity index (χ0n) is 10.3. The Bertz CT molecular complexity index is 302. The highest BCUT2D eigenvalue weighted by atomic mass is 19.4. The molecule has 6 heteroatoms. The third-order valence-electron chi connectivity index (χ3n) is 3.84. The minimum Gasteiger partial charge on any atom is -0.351 e. The van der Waals surface area contributed by atoms with Crippen LogP contribution in [0.15, 0.2) is 0 Å². The van der Waals surface area contributed by atoms with Crippen molar-refractivity contribution < 1.29 is 18.0 Å². The fraction of sp³-hybridized carbons (Fsp3) is 0.909. The average molecular weight is 252 g/mol. The lowest BCUT2D eigenvalue weighted by molar-refractivity contribution is -0.187. The highest BCUT2D eigenvalue weighted by Crippen LogP contribution is 2.33. The van der Waals surface area contributed by atoms with Crippen LogP contribution in [0.4, 0.5) is 13.2 Å². The van der Waals surface area contributed by atoms with Crippen molar-refractivity contribution in [1.29, 1.82) is 0 Å².